The lowest BCUT2D eigenvalue weighted by atomic mass is 10.0. The fourth-order valence-corrected chi connectivity index (χ4v) is 2.17. The van der Waals surface area contributed by atoms with Crippen LogP contribution in [0, 0.1) is 5.92 Å². The van der Waals surface area contributed by atoms with Crippen LogP contribution >= 0.6 is 0 Å². The number of carbonyl (C=O) groups excluding carboxylic acids is 3. The maximum atomic E-state index is 12.3. The van der Waals surface area contributed by atoms with E-state index < -0.39 is 18.0 Å². The van der Waals surface area contributed by atoms with E-state index in [9.17, 15) is 14.4 Å². The van der Waals surface area contributed by atoms with Crippen molar-refractivity contribution >= 4 is 17.9 Å². The summed E-state index contributed by atoms with van der Waals surface area (Å²) in [6.45, 7) is 9.14. The Balaban J connectivity index is 2.49. The lowest BCUT2D eigenvalue weighted by Gasteiger charge is -2.23. The first-order chi connectivity index (χ1) is 12.1. The van der Waals surface area contributed by atoms with Crippen LogP contribution in [0.2, 0.25) is 0 Å². The zero-order valence-corrected chi connectivity index (χ0v) is 16.1. The first kappa shape index (κ1) is 21.5. The Kier molecular flexibility index (Phi) is 8.09. The monoisotopic (exact) mass is 363 g/mol. The first-order valence-electron chi connectivity index (χ1n) is 8.64. The van der Waals surface area contributed by atoms with Gasteiger partial charge in [0.15, 0.2) is 0 Å². The van der Waals surface area contributed by atoms with E-state index in [1.54, 1.807) is 13.8 Å². The maximum absolute atomic E-state index is 12.3. The summed E-state index contributed by atoms with van der Waals surface area (Å²) in [5.74, 6) is -0.884. The molecule has 0 saturated carbocycles. The zero-order chi connectivity index (χ0) is 19.7. The van der Waals surface area contributed by atoms with Gasteiger partial charge in [-0.25, -0.2) is 4.79 Å². The van der Waals surface area contributed by atoms with E-state index in [1.807, 2.05) is 51.1 Å². The number of hydrogen-bond donors (Lipinski definition) is 3. The molecule has 0 bridgehead atoms. The van der Waals surface area contributed by atoms with Crippen LogP contribution in [0.1, 0.15) is 40.2 Å². The van der Waals surface area contributed by atoms with Crippen molar-refractivity contribution in [1.82, 2.24) is 16.0 Å². The molecule has 0 heterocycles. The van der Waals surface area contributed by atoms with E-state index in [1.165, 1.54) is 0 Å². The molecule has 1 unspecified atom stereocenters. The SMILES string of the molecule is CC(C)C(NC(=O)OCc1ccccc1)C(=O)NCC(=O)NC(C)(C)C. The highest BCUT2D eigenvalue weighted by atomic mass is 16.5. The van der Waals surface area contributed by atoms with Crippen LogP contribution in [0.4, 0.5) is 4.79 Å². The Morgan fingerprint density at radius 2 is 1.69 bits per heavy atom. The van der Waals surface area contributed by atoms with Crippen molar-refractivity contribution in [2.45, 2.75) is 52.8 Å². The molecule has 1 rings (SSSR count). The Bertz CT molecular complexity index is 609. The predicted octanol–water partition coefficient (Wildman–Crippen LogP) is 1.97. The molecular formula is C19H29N3O4. The largest absolute Gasteiger partial charge is 0.445 e. The van der Waals surface area contributed by atoms with Crippen LogP contribution in [0.5, 0.6) is 0 Å². The maximum Gasteiger partial charge on any atom is 0.408 e. The van der Waals surface area contributed by atoms with Crippen LogP contribution in [-0.4, -0.2) is 36.0 Å². The van der Waals surface area contributed by atoms with Gasteiger partial charge in [0.05, 0.1) is 6.54 Å². The van der Waals surface area contributed by atoms with Gasteiger partial charge in [0.2, 0.25) is 11.8 Å². The highest BCUT2D eigenvalue weighted by Crippen LogP contribution is 2.05. The molecule has 0 aromatic heterocycles. The van der Waals surface area contributed by atoms with E-state index >= 15 is 0 Å². The van der Waals surface area contributed by atoms with E-state index in [-0.39, 0.29) is 30.5 Å². The molecule has 0 radical (unpaired) electrons. The number of alkyl carbamates (subject to hydrolysis) is 1. The number of amides is 3. The normalized spacial score (nSPS) is 12.2. The van der Waals surface area contributed by atoms with Crippen molar-refractivity contribution in [3.63, 3.8) is 0 Å². The topological polar surface area (TPSA) is 96.5 Å². The molecule has 0 spiro atoms. The Hall–Kier alpha value is -2.57. The number of benzene rings is 1. The number of rotatable bonds is 7. The molecule has 1 atom stereocenters. The van der Waals surface area contributed by atoms with Gasteiger partial charge in [-0.2, -0.15) is 0 Å². The van der Waals surface area contributed by atoms with Crippen molar-refractivity contribution in [3.8, 4) is 0 Å². The summed E-state index contributed by atoms with van der Waals surface area (Å²) < 4.78 is 5.14. The van der Waals surface area contributed by atoms with Gasteiger partial charge in [0, 0.05) is 5.54 Å². The van der Waals surface area contributed by atoms with E-state index in [4.69, 9.17) is 4.74 Å². The highest BCUT2D eigenvalue weighted by Gasteiger charge is 2.25. The lowest BCUT2D eigenvalue weighted by molar-refractivity contribution is -0.128. The minimum Gasteiger partial charge on any atom is -0.445 e. The molecule has 0 fully saturated rings. The second-order valence-electron chi connectivity index (χ2n) is 7.44. The first-order valence-corrected chi connectivity index (χ1v) is 8.64. The van der Waals surface area contributed by atoms with Crippen LogP contribution in [0.15, 0.2) is 30.3 Å². The molecule has 3 amide bonds. The third kappa shape index (κ3) is 8.50. The Morgan fingerprint density at radius 1 is 1.08 bits per heavy atom. The average molecular weight is 363 g/mol. The van der Waals surface area contributed by atoms with Gasteiger partial charge in [0.1, 0.15) is 12.6 Å². The van der Waals surface area contributed by atoms with Crippen LogP contribution in [0.3, 0.4) is 0 Å². The minimum absolute atomic E-state index is 0.118. The standard InChI is InChI=1S/C19H29N3O4/c1-13(2)16(17(24)20-11-15(23)22-19(3,4)5)21-18(25)26-12-14-9-7-6-8-10-14/h6-10,13,16H,11-12H2,1-5H3,(H,20,24)(H,21,25)(H,22,23). The molecule has 0 saturated heterocycles. The van der Waals surface area contributed by atoms with Crippen molar-refractivity contribution in [2.24, 2.45) is 5.92 Å². The number of ether oxygens (including phenoxy) is 1. The average Bonchev–Trinajstić information content (AvgIpc) is 2.55. The third-order valence-electron chi connectivity index (χ3n) is 3.37. The summed E-state index contributed by atoms with van der Waals surface area (Å²) in [6, 6.07) is 8.47. The molecule has 3 N–H and O–H groups in total. The quantitative estimate of drug-likeness (QED) is 0.690. The summed E-state index contributed by atoms with van der Waals surface area (Å²) in [6.07, 6.45) is -0.679. The van der Waals surface area contributed by atoms with Gasteiger partial charge in [-0.1, -0.05) is 44.2 Å². The van der Waals surface area contributed by atoms with Crippen molar-refractivity contribution in [1.29, 1.82) is 0 Å². The second-order valence-corrected chi connectivity index (χ2v) is 7.44. The van der Waals surface area contributed by atoms with Gasteiger partial charge in [-0.05, 0) is 32.3 Å². The Labute approximate surface area is 154 Å². The van der Waals surface area contributed by atoms with Crippen molar-refractivity contribution < 1.29 is 19.1 Å². The molecule has 7 nitrogen and oxygen atoms in total. The molecule has 26 heavy (non-hydrogen) atoms. The van der Waals surface area contributed by atoms with Crippen LogP contribution < -0.4 is 16.0 Å². The fourth-order valence-electron chi connectivity index (χ4n) is 2.17. The molecule has 7 heteroatoms. The smallest absolute Gasteiger partial charge is 0.408 e. The highest BCUT2D eigenvalue weighted by molar-refractivity contribution is 5.89. The summed E-state index contributed by atoms with van der Waals surface area (Å²) >= 11 is 0. The number of carbonyl (C=O) groups is 3. The van der Waals surface area contributed by atoms with Gasteiger partial charge < -0.3 is 20.7 Å². The molecular weight excluding hydrogens is 334 g/mol. The second kappa shape index (κ2) is 9.79. The summed E-state index contributed by atoms with van der Waals surface area (Å²) in [5, 5.41) is 7.85. The van der Waals surface area contributed by atoms with Gasteiger partial charge >= 0.3 is 6.09 Å². The molecule has 1 aromatic carbocycles. The predicted molar refractivity (Wildman–Crippen MR) is 99.3 cm³/mol. The molecule has 1 aromatic rings. The summed E-state index contributed by atoms with van der Waals surface area (Å²) in [5.41, 5.74) is 0.478. The van der Waals surface area contributed by atoms with Crippen LogP contribution in [0.25, 0.3) is 0 Å². The van der Waals surface area contributed by atoms with E-state index in [0.29, 0.717) is 0 Å². The van der Waals surface area contributed by atoms with Gasteiger partial charge in [0.25, 0.3) is 0 Å². The lowest BCUT2D eigenvalue weighted by Crippen LogP contribution is -2.52. The fraction of sp³-hybridized carbons (Fsp3) is 0.526. The minimum atomic E-state index is -0.791. The molecule has 144 valence electrons. The van der Waals surface area contributed by atoms with Gasteiger partial charge in [-0.3, -0.25) is 9.59 Å². The van der Waals surface area contributed by atoms with Crippen molar-refractivity contribution in [3.05, 3.63) is 35.9 Å². The summed E-state index contributed by atoms with van der Waals surface area (Å²) in [4.78, 5) is 36.1. The van der Waals surface area contributed by atoms with Crippen molar-refractivity contribution in [2.75, 3.05) is 6.54 Å². The van der Waals surface area contributed by atoms with Gasteiger partial charge in [-0.15, -0.1) is 0 Å². The number of nitrogens with one attached hydrogen (secondary N) is 3. The third-order valence-corrected chi connectivity index (χ3v) is 3.37. The van der Waals surface area contributed by atoms with E-state index in [2.05, 4.69) is 16.0 Å². The molecule has 0 aliphatic rings. The van der Waals surface area contributed by atoms with E-state index in [0.717, 1.165) is 5.56 Å². The van der Waals surface area contributed by atoms with Crippen LogP contribution in [-0.2, 0) is 20.9 Å². The zero-order valence-electron chi connectivity index (χ0n) is 16.1. The number of hydrogen-bond acceptors (Lipinski definition) is 4. The molecule has 0 aliphatic carbocycles. The summed E-state index contributed by atoms with van der Waals surface area (Å²) in [7, 11) is 0. The molecule has 0 aliphatic heterocycles. The Morgan fingerprint density at radius 3 is 2.23 bits per heavy atom.